The number of aryl methyl sites for hydroxylation is 5. The number of benzene rings is 1. The third-order valence-corrected chi connectivity index (χ3v) is 5.92. The van der Waals surface area contributed by atoms with Crippen LogP contribution in [0.5, 0.6) is 0 Å². The molecule has 0 fully saturated rings. The molecule has 0 aliphatic rings. The Labute approximate surface area is 194 Å². The summed E-state index contributed by atoms with van der Waals surface area (Å²) in [5.74, 6) is 0.560. The van der Waals surface area contributed by atoms with E-state index < -0.39 is 11.2 Å². The molecule has 0 radical (unpaired) electrons. The van der Waals surface area contributed by atoms with Gasteiger partial charge in [-0.2, -0.15) is 0 Å². The zero-order valence-electron chi connectivity index (χ0n) is 20.2. The van der Waals surface area contributed by atoms with Crippen LogP contribution in [0.3, 0.4) is 0 Å². The quantitative estimate of drug-likeness (QED) is 0.427. The number of nitrogens with zero attached hydrogens (tertiary/aromatic N) is 3. The molecule has 0 unspecified atom stereocenters. The summed E-state index contributed by atoms with van der Waals surface area (Å²) in [4.78, 5) is 45.0. The minimum Gasteiger partial charge on any atom is -0.326 e. The summed E-state index contributed by atoms with van der Waals surface area (Å²) >= 11 is 0. The first-order chi connectivity index (χ1) is 15.8. The summed E-state index contributed by atoms with van der Waals surface area (Å²) in [6, 6.07) is 5.91. The molecule has 2 heterocycles. The van der Waals surface area contributed by atoms with Gasteiger partial charge in [-0.15, -0.1) is 0 Å². The number of hydrogen-bond acceptors (Lipinski definition) is 4. The molecule has 3 rings (SSSR count). The maximum absolute atomic E-state index is 12.7. The monoisotopic (exact) mass is 453 g/mol. The molecule has 2 N–H and O–H groups in total. The first-order valence-corrected chi connectivity index (χ1v) is 11.9. The van der Waals surface area contributed by atoms with Crippen molar-refractivity contribution in [1.29, 1.82) is 0 Å². The number of anilines is 1. The van der Waals surface area contributed by atoms with E-state index in [1.165, 1.54) is 0 Å². The predicted octanol–water partition coefficient (Wildman–Crippen LogP) is 4.06. The van der Waals surface area contributed by atoms with Crippen molar-refractivity contribution in [3.8, 4) is 0 Å². The highest BCUT2D eigenvalue weighted by atomic mass is 16.2. The number of aromatic nitrogens is 4. The minimum absolute atomic E-state index is 0.105. The molecule has 33 heavy (non-hydrogen) atoms. The van der Waals surface area contributed by atoms with Crippen molar-refractivity contribution in [1.82, 2.24) is 19.1 Å². The normalized spacial score (nSPS) is 11.3. The summed E-state index contributed by atoms with van der Waals surface area (Å²) in [6.07, 6.45) is 5.35. The number of carbonyl (C=O) groups excluding carboxylic acids is 1. The Kier molecular flexibility index (Phi) is 8.25. The average molecular weight is 454 g/mol. The van der Waals surface area contributed by atoms with E-state index in [4.69, 9.17) is 4.98 Å². The third kappa shape index (κ3) is 5.80. The fraction of sp³-hybridized carbons (Fsp3) is 0.520. The van der Waals surface area contributed by atoms with Gasteiger partial charge in [0.25, 0.3) is 5.56 Å². The molecule has 2 aromatic heterocycles. The number of unbranched alkanes of at least 4 members (excludes halogenated alkanes) is 3. The molecule has 0 spiro atoms. The Morgan fingerprint density at radius 1 is 1.03 bits per heavy atom. The number of nitrogens with one attached hydrogen (secondary N) is 2. The van der Waals surface area contributed by atoms with Gasteiger partial charge in [0.05, 0.1) is 0 Å². The lowest BCUT2D eigenvalue weighted by atomic mass is 10.1. The zero-order chi connectivity index (χ0) is 24.0. The molecule has 0 atom stereocenters. The van der Waals surface area contributed by atoms with E-state index in [1.807, 2.05) is 36.6 Å². The van der Waals surface area contributed by atoms with E-state index >= 15 is 0 Å². The molecule has 1 aromatic carbocycles. The van der Waals surface area contributed by atoms with Crippen molar-refractivity contribution in [2.75, 3.05) is 5.32 Å². The van der Waals surface area contributed by atoms with Gasteiger partial charge in [-0.25, -0.2) is 9.78 Å². The molecule has 0 saturated heterocycles. The summed E-state index contributed by atoms with van der Waals surface area (Å²) in [7, 11) is 0. The number of hydrogen-bond donors (Lipinski definition) is 2. The fourth-order valence-electron chi connectivity index (χ4n) is 4.08. The minimum atomic E-state index is -0.432. The van der Waals surface area contributed by atoms with Gasteiger partial charge in [0.15, 0.2) is 11.2 Å². The van der Waals surface area contributed by atoms with Gasteiger partial charge in [-0.1, -0.05) is 50.8 Å². The molecular formula is C25H35N5O3. The Bertz CT molecular complexity index is 1240. The maximum Gasteiger partial charge on any atom is 0.330 e. The van der Waals surface area contributed by atoms with Crippen LogP contribution in [-0.4, -0.2) is 25.0 Å². The number of H-pyrrole nitrogens is 1. The van der Waals surface area contributed by atoms with Crippen LogP contribution in [0.1, 0.15) is 69.3 Å². The lowest BCUT2D eigenvalue weighted by Crippen LogP contribution is -2.31. The van der Waals surface area contributed by atoms with E-state index in [0.717, 1.165) is 48.9 Å². The van der Waals surface area contributed by atoms with Crippen LogP contribution in [0.4, 0.5) is 5.69 Å². The van der Waals surface area contributed by atoms with Gasteiger partial charge in [-0.05, 0) is 38.3 Å². The van der Waals surface area contributed by atoms with Crippen LogP contribution in [0.25, 0.3) is 11.2 Å². The second-order valence-electron chi connectivity index (χ2n) is 8.69. The van der Waals surface area contributed by atoms with Crippen molar-refractivity contribution in [3.05, 3.63) is 56.0 Å². The van der Waals surface area contributed by atoms with E-state index in [2.05, 4.69) is 24.1 Å². The average Bonchev–Trinajstić information content (AvgIpc) is 3.13. The highest BCUT2D eigenvalue weighted by Crippen LogP contribution is 2.18. The SMILES string of the molecule is CCCCCn1c(CCC(=O)Nc2ccc(C)cc2C)nc2c1c(=O)[nH]c(=O)n2CCCC. The zero-order valence-corrected chi connectivity index (χ0v) is 20.2. The van der Waals surface area contributed by atoms with Crippen LogP contribution in [0.2, 0.25) is 0 Å². The Hall–Kier alpha value is -3.16. The Morgan fingerprint density at radius 3 is 2.45 bits per heavy atom. The second kappa shape index (κ2) is 11.1. The van der Waals surface area contributed by atoms with Crippen molar-refractivity contribution >= 4 is 22.8 Å². The van der Waals surface area contributed by atoms with Crippen molar-refractivity contribution in [2.24, 2.45) is 0 Å². The Balaban J connectivity index is 1.90. The lowest BCUT2D eigenvalue weighted by molar-refractivity contribution is -0.116. The largest absolute Gasteiger partial charge is 0.330 e. The van der Waals surface area contributed by atoms with E-state index in [9.17, 15) is 14.4 Å². The standard InChI is InChI=1S/C25H35N5O3/c1-5-7-9-15-29-20(12-13-21(31)26-19-11-10-17(3)16-18(19)4)27-23-22(29)24(32)28-25(33)30(23)14-8-6-2/h10-11,16H,5-9,12-15H2,1-4H3,(H,26,31)(H,28,32,33). The first-order valence-electron chi connectivity index (χ1n) is 11.9. The summed E-state index contributed by atoms with van der Waals surface area (Å²) < 4.78 is 3.45. The maximum atomic E-state index is 12.7. The van der Waals surface area contributed by atoms with Crippen LogP contribution < -0.4 is 16.6 Å². The first kappa shape index (κ1) is 24.5. The number of rotatable bonds is 11. The number of aromatic amines is 1. The van der Waals surface area contributed by atoms with Crippen molar-refractivity contribution in [3.63, 3.8) is 0 Å². The second-order valence-corrected chi connectivity index (χ2v) is 8.69. The molecule has 0 aliphatic heterocycles. The van der Waals surface area contributed by atoms with Crippen LogP contribution in [0.15, 0.2) is 27.8 Å². The van der Waals surface area contributed by atoms with Gasteiger partial charge in [0, 0.05) is 31.6 Å². The molecule has 3 aromatic rings. The fourth-order valence-corrected chi connectivity index (χ4v) is 4.08. The van der Waals surface area contributed by atoms with Gasteiger partial charge < -0.3 is 9.88 Å². The van der Waals surface area contributed by atoms with Crippen molar-refractivity contribution in [2.45, 2.75) is 85.7 Å². The smallest absolute Gasteiger partial charge is 0.326 e. The number of fused-ring (bicyclic) bond motifs is 1. The molecule has 0 bridgehead atoms. The topological polar surface area (TPSA) is 102 Å². The molecular weight excluding hydrogens is 418 g/mol. The molecule has 1 amide bonds. The molecule has 8 nitrogen and oxygen atoms in total. The van der Waals surface area contributed by atoms with Crippen LogP contribution in [-0.2, 0) is 24.3 Å². The molecule has 0 aliphatic carbocycles. The number of carbonyl (C=O) groups is 1. The van der Waals surface area contributed by atoms with Gasteiger partial charge >= 0.3 is 5.69 Å². The number of imidazole rings is 1. The Morgan fingerprint density at radius 2 is 1.76 bits per heavy atom. The highest BCUT2D eigenvalue weighted by Gasteiger charge is 2.19. The summed E-state index contributed by atoms with van der Waals surface area (Å²) in [5.41, 5.74) is 2.94. The van der Waals surface area contributed by atoms with Gasteiger partial charge in [0.2, 0.25) is 5.91 Å². The van der Waals surface area contributed by atoms with Gasteiger partial charge in [-0.3, -0.25) is 19.1 Å². The predicted molar refractivity (Wildman–Crippen MR) is 132 cm³/mol. The van der Waals surface area contributed by atoms with E-state index in [1.54, 1.807) is 4.57 Å². The van der Waals surface area contributed by atoms with E-state index in [0.29, 0.717) is 36.5 Å². The molecule has 0 saturated carbocycles. The van der Waals surface area contributed by atoms with Crippen LogP contribution in [0, 0.1) is 13.8 Å². The van der Waals surface area contributed by atoms with Gasteiger partial charge in [0.1, 0.15) is 5.82 Å². The summed E-state index contributed by atoms with van der Waals surface area (Å²) in [5, 5.41) is 2.97. The molecule has 8 heteroatoms. The van der Waals surface area contributed by atoms with Crippen molar-refractivity contribution < 1.29 is 4.79 Å². The number of amides is 1. The summed E-state index contributed by atoms with van der Waals surface area (Å²) in [6.45, 7) is 9.30. The highest BCUT2D eigenvalue weighted by molar-refractivity contribution is 5.91. The molecule has 178 valence electrons. The van der Waals surface area contributed by atoms with Crippen LogP contribution >= 0.6 is 0 Å². The van der Waals surface area contributed by atoms with E-state index in [-0.39, 0.29) is 12.3 Å². The lowest BCUT2D eigenvalue weighted by Gasteiger charge is -2.10. The third-order valence-electron chi connectivity index (χ3n) is 5.92.